The van der Waals surface area contributed by atoms with Gasteiger partial charge in [0.2, 0.25) is 0 Å². The van der Waals surface area contributed by atoms with Crippen LogP contribution in [0.15, 0.2) is 65.7 Å². The molecule has 4 aromatic rings. The monoisotopic (exact) mass is 340 g/mol. The average molecular weight is 340 g/mol. The van der Waals surface area contributed by atoms with Crippen LogP contribution >= 0.6 is 0 Å². The van der Waals surface area contributed by atoms with Crippen molar-refractivity contribution in [3.8, 4) is 0 Å². The Hall–Kier alpha value is -2.87. The number of aromatic amines is 1. The third-order valence-electron chi connectivity index (χ3n) is 5.12. The minimum absolute atomic E-state index is 0.260. The molecule has 0 aliphatic rings. The number of aryl methyl sites for hydroxylation is 2. The largest absolute Gasteiger partial charge is 0.354 e. The molecular formula is C24H24N2. The van der Waals surface area contributed by atoms with Gasteiger partial charge in [-0.1, -0.05) is 48.5 Å². The summed E-state index contributed by atoms with van der Waals surface area (Å²) >= 11 is 0. The molecule has 26 heavy (non-hydrogen) atoms. The number of fused-ring (bicyclic) bond motifs is 3. The Labute approximate surface area is 154 Å². The molecule has 2 nitrogen and oxygen atoms in total. The van der Waals surface area contributed by atoms with Gasteiger partial charge in [-0.15, -0.1) is 0 Å². The van der Waals surface area contributed by atoms with Crippen LogP contribution in [0.4, 0.5) is 0 Å². The van der Waals surface area contributed by atoms with Crippen LogP contribution in [0, 0.1) is 13.8 Å². The fraction of sp³-hybridized carbons (Fsp3) is 0.208. The van der Waals surface area contributed by atoms with Gasteiger partial charge in [-0.25, -0.2) is 0 Å². The summed E-state index contributed by atoms with van der Waals surface area (Å²) in [6, 6.07) is 21.6. The number of nitrogens with zero attached hydrogens (tertiary/aromatic N) is 1. The van der Waals surface area contributed by atoms with E-state index in [2.05, 4.69) is 92.6 Å². The maximum Gasteiger partial charge on any atom is 0.0511 e. The third-order valence-corrected chi connectivity index (χ3v) is 5.12. The van der Waals surface area contributed by atoms with E-state index in [1.54, 1.807) is 0 Å². The molecule has 1 N–H and O–H groups in total. The topological polar surface area (TPSA) is 28.1 Å². The Balaban J connectivity index is 1.70. The number of para-hydroxylation sites is 1. The molecule has 0 aliphatic carbocycles. The van der Waals surface area contributed by atoms with Crippen molar-refractivity contribution in [1.82, 2.24) is 4.98 Å². The van der Waals surface area contributed by atoms with E-state index < -0.39 is 0 Å². The Morgan fingerprint density at radius 3 is 2.54 bits per heavy atom. The lowest BCUT2D eigenvalue weighted by Crippen LogP contribution is -2.04. The maximum atomic E-state index is 4.83. The average Bonchev–Trinajstić information content (AvgIpc) is 3.05. The second-order valence-electron chi connectivity index (χ2n) is 7.15. The second kappa shape index (κ2) is 6.80. The van der Waals surface area contributed by atoms with Crippen LogP contribution in [0.3, 0.4) is 0 Å². The predicted octanol–water partition coefficient (Wildman–Crippen LogP) is 5.99. The van der Waals surface area contributed by atoms with E-state index in [1.807, 2.05) is 0 Å². The van der Waals surface area contributed by atoms with Crippen LogP contribution in [-0.2, 0) is 6.42 Å². The molecule has 1 aromatic heterocycles. The summed E-state index contributed by atoms with van der Waals surface area (Å²) < 4.78 is 0. The quantitative estimate of drug-likeness (QED) is 0.442. The highest BCUT2D eigenvalue weighted by molar-refractivity contribution is 6.11. The van der Waals surface area contributed by atoms with Crippen LogP contribution in [0.2, 0.25) is 0 Å². The highest BCUT2D eigenvalue weighted by atomic mass is 14.8. The van der Waals surface area contributed by atoms with Crippen molar-refractivity contribution >= 4 is 28.0 Å². The van der Waals surface area contributed by atoms with E-state index in [1.165, 1.54) is 44.1 Å². The summed E-state index contributed by atoms with van der Waals surface area (Å²) in [5, 5.41) is 2.61. The zero-order valence-electron chi connectivity index (χ0n) is 15.6. The molecule has 0 aliphatic heterocycles. The molecule has 0 radical (unpaired) electrons. The van der Waals surface area contributed by atoms with Crippen molar-refractivity contribution in [3.05, 3.63) is 82.9 Å². The van der Waals surface area contributed by atoms with Gasteiger partial charge in [0.15, 0.2) is 0 Å². The minimum Gasteiger partial charge on any atom is -0.354 e. The Kier molecular flexibility index (Phi) is 4.34. The first-order valence-corrected chi connectivity index (χ1v) is 9.21. The van der Waals surface area contributed by atoms with Crippen molar-refractivity contribution in [3.63, 3.8) is 0 Å². The van der Waals surface area contributed by atoms with E-state index in [4.69, 9.17) is 4.99 Å². The highest BCUT2D eigenvalue weighted by Gasteiger charge is 2.11. The van der Waals surface area contributed by atoms with E-state index in [0.29, 0.717) is 0 Å². The van der Waals surface area contributed by atoms with Gasteiger partial charge < -0.3 is 4.98 Å². The summed E-state index contributed by atoms with van der Waals surface area (Å²) in [6.07, 6.45) is 3.02. The molecular weight excluding hydrogens is 316 g/mol. The van der Waals surface area contributed by atoms with E-state index in [-0.39, 0.29) is 6.04 Å². The number of aliphatic imine (C=N–C) groups is 1. The SMILES string of the molecule is Cc1cc(C=NC(C)Cc2ccccc2)c(C)c2c1[nH]c1ccccc12. The van der Waals surface area contributed by atoms with Crippen molar-refractivity contribution in [2.24, 2.45) is 4.99 Å². The number of benzene rings is 3. The Morgan fingerprint density at radius 1 is 1.00 bits per heavy atom. The van der Waals surface area contributed by atoms with Gasteiger partial charge in [0.1, 0.15) is 0 Å². The molecule has 1 heterocycles. The molecule has 0 saturated heterocycles. The van der Waals surface area contributed by atoms with Crippen LogP contribution in [0.1, 0.15) is 29.2 Å². The van der Waals surface area contributed by atoms with Crippen LogP contribution in [0.5, 0.6) is 0 Å². The van der Waals surface area contributed by atoms with Gasteiger partial charge in [0.05, 0.1) is 6.04 Å². The third kappa shape index (κ3) is 3.03. The summed E-state index contributed by atoms with van der Waals surface area (Å²) in [7, 11) is 0. The summed E-state index contributed by atoms with van der Waals surface area (Å²) in [5.74, 6) is 0. The van der Waals surface area contributed by atoms with Gasteiger partial charge in [0, 0.05) is 28.0 Å². The van der Waals surface area contributed by atoms with Crippen LogP contribution < -0.4 is 0 Å². The molecule has 130 valence electrons. The molecule has 2 heteroatoms. The number of nitrogens with one attached hydrogen (secondary N) is 1. The fourth-order valence-corrected chi connectivity index (χ4v) is 3.73. The number of aromatic nitrogens is 1. The van der Waals surface area contributed by atoms with Crippen molar-refractivity contribution in [2.75, 3.05) is 0 Å². The fourth-order valence-electron chi connectivity index (χ4n) is 3.73. The van der Waals surface area contributed by atoms with Crippen molar-refractivity contribution < 1.29 is 0 Å². The highest BCUT2D eigenvalue weighted by Crippen LogP contribution is 2.31. The standard InChI is InChI=1S/C24H24N2/c1-16-13-20(15-25-17(2)14-19-9-5-4-6-10-19)18(3)23-21-11-7-8-12-22(21)26-24(16)23/h4-13,15,17,26H,14H2,1-3H3. The molecule has 0 bridgehead atoms. The van der Waals surface area contributed by atoms with Gasteiger partial charge in [-0.2, -0.15) is 0 Å². The Bertz CT molecular complexity index is 1090. The van der Waals surface area contributed by atoms with E-state index >= 15 is 0 Å². The first-order chi connectivity index (χ1) is 12.6. The maximum absolute atomic E-state index is 4.83. The zero-order valence-corrected chi connectivity index (χ0v) is 15.6. The van der Waals surface area contributed by atoms with E-state index in [0.717, 1.165) is 6.42 Å². The summed E-state index contributed by atoms with van der Waals surface area (Å²) in [5.41, 5.74) is 7.52. The molecule has 0 amide bonds. The summed E-state index contributed by atoms with van der Waals surface area (Å²) in [6.45, 7) is 6.54. The molecule has 0 spiro atoms. The van der Waals surface area contributed by atoms with Gasteiger partial charge in [0.25, 0.3) is 0 Å². The lowest BCUT2D eigenvalue weighted by atomic mass is 9.99. The van der Waals surface area contributed by atoms with Crippen LogP contribution in [0.25, 0.3) is 21.8 Å². The smallest absolute Gasteiger partial charge is 0.0511 e. The number of rotatable bonds is 4. The lowest BCUT2D eigenvalue weighted by molar-refractivity contribution is 0.744. The molecule has 0 fully saturated rings. The van der Waals surface area contributed by atoms with E-state index in [9.17, 15) is 0 Å². The molecule has 1 unspecified atom stereocenters. The Morgan fingerprint density at radius 2 is 1.73 bits per heavy atom. The molecule has 0 saturated carbocycles. The first kappa shape index (κ1) is 16.6. The zero-order chi connectivity index (χ0) is 18.1. The summed E-state index contributed by atoms with van der Waals surface area (Å²) in [4.78, 5) is 8.40. The van der Waals surface area contributed by atoms with Crippen LogP contribution in [-0.4, -0.2) is 17.2 Å². The molecule has 3 aromatic carbocycles. The number of hydrogen-bond acceptors (Lipinski definition) is 1. The normalized spacial score (nSPS) is 13.0. The van der Waals surface area contributed by atoms with Gasteiger partial charge in [-0.05, 0) is 61.6 Å². The minimum atomic E-state index is 0.260. The first-order valence-electron chi connectivity index (χ1n) is 9.21. The number of hydrogen-bond donors (Lipinski definition) is 1. The molecule has 1 atom stereocenters. The van der Waals surface area contributed by atoms with Crippen molar-refractivity contribution in [2.45, 2.75) is 33.2 Å². The van der Waals surface area contributed by atoms with Gasteiger partial charge in [-0.3, -0.25) is 4.99 Å². The number of H-pyrrole nitrogens is 1. The van der Waals surface area contributed by atoms with Crippen molar-refractivity contribution in [1.29, 1.82) is 0 Å². The lowest BCUT2D eigenvalue weighted by Gasteiger charge is -2.09. The predicted molar refractivity (Wildman–Crippen MR) is 112 cm³/mol. The molecule has 4 rings (SSSR count). The van der Waals surface area contributed by atoms with Gasteiger partial charge >= 0.3 is 0 Å². The second-order valence-corrected chi connectivity index (χ2v) is 7.15.